The summed E-state index contributed by atoms with van der Waals surface area (Å²) in [7, 11) is 0. The molecule has 1 aliphatic rings. The van der Waals surface area contributed by atoms with E-state index in [4.69, 9.17) is 16.7 Å². The summed E-state index contributed by atoms with van der Waals surface area (Å²) in [6.45, 7) is 3.68. The summed E-state index contributed by atoms with van der Waals surface area (Å²) in [6.07, 6.45) is 0. The van der Waals surface area contributed by atoms with Gasteiger partial charge < -0.3 is 5.11 Å². The van der Waals surface area contributed by atoms with Crippen LogP contribution < -0.4 is 0 Å². The first-order chi connectivity index (χ1) is 7.35. The van der Waals surface area contributed by atoms with Crippen molar-refractivity contribution in [1.29, 1.82) is 0 Å². The first-order valence-electron chi connectivity index (χ1n) is 5.03. The van der Waals surface area contributed by atoms with Gasteiger partial charge in [0.15, 0.2) is 0 Å². The van der Waals surface area contributed by atoms with Crippen molar-refractivity contribution in [2.24, 2.45) is 11.3 Å². The summed E-state index contributed by atoms with van der Waals surface area (Å²) in [5, 5.41) is 9.34. The first kappa shape index (κ1) is 11.4. The number of halogens is 2. The predicted molar refractivity (Wildman–Crippen MR) is 59.1 cm³/mol. The number of hydrogen-bond donors (Lipinski definition) is 1. The predicted octanol–water partition coefficient (Wildman–Crippen LogP) is 3.30. The zero-order valence-corrected chi connectivity index (χ0v) is 9.75. The highest BCUT2D eigenvalue weighted by molar-refractivity contribution is 6.30. The summed E-state index contributed by atoms with van der Waals surface area (Å²) in [5.74, 6) is -2.07. The average Bonchev–Trinajstić information content (AvgIpc) is 2.69. The summed E-state index contributed by atoms with van der Waals surface area (Å²) in [4.78, 5) is 11.0. The Balaban J connectivity index is 2.37. The Bertz CT molecular complexity index is 456. The lowest BCUT2D eigenvalue weighted by Gasteiger charge is -2.04. The molecule has 1 aliphatic carbocycles. The highest BCUT2D eigenvalue weighted by Crippen LogP contribution is 2.64. The van der Waals surface area contributed by atoms with Crippen molar-refractivity contribution >= 4 is 17.6 Å². The smallest absolute Gasteiger partial charge is 0.307 e. The van der Waals surface area contributed by atoms with Gasteiger partial charge in [-0.2, -0.15) is 0 Å². The summed E-state index contributed by atoms with van der Waals surface area (Å²) in [6, 6.07) is 4.39. The number of benzene rings is 1. The van der Waals surface area contributed by atoms with Crippen molar-refractivity contribution in [2.75, 3.05) is 0 Å². The van der Waals surface area contributed by atoms with Crippen molar-refractivity contribution in [1.82, 2.24) is 0 Å². The van der Waals surface area contributed by atoms with E-state index in [9.17, 15) is 9.18 Å². The topological polar surface area (TPSA) is 37.3 Å². The van der Waals surface area contributed by atoms with E-state index in [2.05, 4.69) is 0 Å². The Hall–Kier alpha value is -1.09. The zero-order valence-electron chi connectivity index (χ0n) is 9.00. The molecule has 86 valence electrons. The molecule has 0 amide bonds. The van der Waals surface area contributed by atoms with Crippen LogP contribution >= 0.6 is 11.6 Å². The lowest BCUT2D eigenvalue weighted by Crippen LogP contribution is -2.03. The molecule has 2 unspecified atom stereocenters. The van der Waals surface area contributed by atoms with Crippen LogP contribution in [0.3, 0.4) is 0 Å². The second kappa shape index (κ2) is 3.45. The van der Waals surface area contributed by atoms with Crippen LogP contribution in [-0.2, 0) is 4.79 Å². The Morgan fingerprint density at radius 3 is 2.56 bits per heavy atom. The van der Waals surface area contributed by atoms with E-state index >= 15 is 0 Å². The molecule has 0 heterocycles. The Kier molecular flexibility index (Phi) is 2.46. The molecule has 16 heavy (non-hydrogen) atoms. The largest absolute Gasteiger partial charge is 0.481 e. The molecule has 0 bridgehead atoms. The Morgan fingerprint density at radius 2 is 2.12 bits per heavy atom. The van der Waals surface area contributed by atoms with Gasteiger partial charge in [0.05, 0.1) is 5.92 Å². The van der Waals surface area contributed by atoms with Gasteiger partial charge in [-0.1, -0.05) is 31.5 Å². The maximum atomic E-state index is 13.6. The van der Waals surface area contributed by atoms with Crippen LogP contribution in [0.4, 0.5) is 4.39 Å². The van der Waals surface area contributed by atoms with Gasteiger partial charge >= 0.3 is 5.97 Å². The van der Waals surface area contributed by atoms with Gasteiger partial charge in [-0.15, -0.1) is 0 Å². The zero-order chi connectivity index (χ0) is 12.1. The van der Waals surface area contributed by atoms with E-state index < -0.39 is 17.7 Å². The van der Waals surface area contributed by atoms with Crippen LogP contribution in [0.1, 0.15) is 25.3 Å². The molecule has 2 atom stereocenters. The minimum absolute atomic E-state index is 0.262. The normalized spacial score (nSPS) is 26.5. The monoisotopic (exact) mass is 242 g/mol. The third-order valence-electron chi connectivity index (χ3n) is 3.39. The Morgan fingerprint density at radius 1 is 1.50 bits per heavy atom. The van der Waals surface area contributed by atoms with E-state index in [-0.39, 0.29) is 11.3 Å². The van der Waals surface area contributed by atoms with Gasteiger partial charge in [-0.25, -0.2) is 4.39 Å². The first-order valence-corrected chi connectivity index (χ1v) is 5.41. The molecule has 0 saturated heterocycles. The average molecular weight is 243 g/mol. The van der Waals surface area contributed by atoms with Crippen molar-refractivity contribution in [3.63, 3.8) is 0 Å². The van der Waals surface area contributed by atoms with Crippen LogP contribution in [0.25, 0.3) is 0 Å². The number of carboxylic acids is 1. The van der Waals surface area contributed by atoms with Crippen LogP contribution in [0.2, 0.25) is 5.02 Å². The highest BCUT2D eigenvalue weighted by Gasteiger charge is 2.63. The standard InChI is InChI=1S/C12H12ClFO2/c1-12(2)9(10(12)11(15)16)7-4-3-6(13)5-8(7)14/h3-5,9-10H,1-2H3,(H,15,16). The molecule has 4 heteroatoms. The highest BCUT2D eigenvalue weighted by atomic mass is 35.5. The fourth-order valence-electron chi connectivity index (χ4n) is 2.43. The van der Waals surface area contributed by atoms with Gasteiger partial charge in [0.25, 0.3) is 0 Å². The molecule has 0 radical (unpaired) electrons. The maximum absolute atomic E-state index is 13.6. The second-order valence-electron chi connectivity index (χ2n) is 4.78. The lowest BCUT2D eigenvalue weighted by molar-refractivity contribution is -0.139. The summed E-state index contributed by atoms with van der Waals surface area (Å²) < 4.78 is 13.6. The fourth-order valence-corrected chi connectivity index (χ4v) is 2.59. The van der Waals surface area contributed by atoms with E-state index in [0.29, 0.717) is 10.6 Å². The molecule has 0 spiro atoms. The summed E-state index contributed by atoms with van der Waals surface area (Å²) >= 11 is 5.66. The number of aliphatic carboxylic acids is 1. The van der Waals surface area contributed by atoms with Crippen molar-refractivity contribution in [3.05, 3.63) is 34.6 Å². The minimum atomic E-state index is -0.871. The van der Waals surface area contributed by atoms with E-state index in [1.54, 1.807) is 12.1 Å². The second-order valence-corrected chi connectivity index (χ2v) is 5.22. The van der Waals surface area contributed by atoms with Crippen molar-refractivity contribution in [3.8, 4) is 0 Å². The number of carboxylic acid groups (broad SMARTS) is 1. The molecule has 1 aromatic carbocycles. The van der Waals surface area contributed by atoms with Crippen LogP contribution in [0.5, 0.6) is 0 Å². The van der Waals surface area contributed by atoms with Gasteiger partial charge in [0.2, 0.25) is 0 Å². The molecule has 1 N–H and O–H groups in total. The van der Waals surface area contributed by atoms with Crippen LogP contribution in [0, 0.1) is 17.2 Å². The molecule has 1 saturated carbocycles. The Labute approximate surface area is 98.0 Å². The molecule has 1 aromatic rings. The van der Waals surface area contributed by atoms with Gasteiger partial charge in [0, 0.05) is 10.9 Å². The van der Waals surface area contributed by atoms with E-state index in [0.717, 1.165) is 0 Å². The maximum Gasteiger partial charge on any atom is 0.307 e. The third kappa shape index (κ3) is 1.59. The molecule has 0 aromatic heterocycles. The SMILES string of the molecule is CC1(C)C(C(=O)O)C1c1ccc(Cl)cc1F. The minimum Gasteiger partial charge on any atom is -0.481 e. The molecular formula is C12H12ClFO2. The van der Waals surface area contributed by atoms with Crippen LogP contribution in [-0.4, -0.2) is 11.1 Å². The van der Waals surface area contributed by atoms with Gasteiger partial charge in [0.1, 0.15) is 5.82 Å². The molecule has 0 aliphatic heterocycles. The summed E-state index contributed by atoms with van der Waals surface area (Å²) in [5.41, 5.74) is 0.0577. The van der Waals surface area contributed by atoms with Crippen molar-refractivity contribution < 1.29 is 14.3 Å². The quantitative estimate of drug-likeness (QED) is 0.864. The van der Waals surface area contributed by atoms with Gasteiger partial charge in [-0.3, -0.25) is 4.79 Å². The molecule has 2 nitrogen and oxygen atoms in total. The van der Waals surface area contributed by atoms with Gasteiger partial charge in [-0.05, 0) is 23.1 Å². The van der Waals surface area contributed by atoms with E-state index in [1.807, 2.05) is 13.8 Å². The molecular weight excluding hydrogens is 231 g/mol. The number of hydrogen-bond acceptors (Lipinski definition) is 1. The number of carbonyl (C=O) groups is 1. The van der Waals surface area contributed by atoms with Crippen LogP contribution in [0.15, 0.2) is 18.2 Å². The van der Waals surface area contributed by atoms with E-state index in [1.165, 1.54) is 6.07 Å². The molecule has 2 rings (SSSR count). The third-order valence-corrected chi connectivity index (χ3v) is 3.63. The molecule has 1 fully saturated rings. The number of rotatable bonds is 2. The van der Waals surface area contributed by atoms with Crippen molar-refractivity contribution in [2.45, 2.75) is 19.8 Å². The lowest BCUT2D eigenvalue weighted by atomic mass is 10.0. The fraction of sp³-hybridized carbons (Fsp3) is 0.417.